The Bertz CT molecular complexity index is 269. The van der Waals surface area contributed by atoms with Gasteiger partial charge in [-0.2, -0.15) is 0 Å². The van der Waals surface area contributed by atoms with Crippen molar-refractivity contribution in [1.82, 2.24) is 0 Å². The number of carboxylic acids is 2. The van der Waals surface area contributed by atoms with E-state index in [0.29, 0.717) is 11.8 Å². The lowest BCUT2D eigenvalue weighted by Crippen LogP contribution is -2.35. The topological polar surface area (TPSA) is 74.6 Å². The summed E-state index contributed by atoms with van der Waals surface area (Å²) >= 11 is 0. The predicted molar refractivity (Wildman–Crippen MR) is 56.9 cm³/mol. The molecule has 0 amide bonds. The van der Waals surface area contributed by atoms with Crippen molar-refractivity contribution in [3.8, 4) is 0 Å². The van der Waals surface area contributed by atoms with Crippen LogP contribution < -0.4 is 0 Å². The van der Waals surface area contributed by atoms with Gasteiger partial charge in [0.25, 0.3) is 0 Å². The van der Waals surface area contributed by atoms with E-state index in [0.717, 1.165) is 38.5 Å². The fourth-order valence-electron chi connectivity index (χ4n) is 3.34. The van der Waals surface area contributed by atoms with Crippen LogP contribution in [0.25, 0.3) is 0 Å². The predicted octanol–water partition coefficient (Wildman–Crippen LogP) is 1.99. The van der Waals surface area contributed by atoms with Crippen molar-refractivity contribution in [3.05, 3.63) is 0 Å². The van der Waals surface area contributed by atoms with Crippen LogP contribution in [0.15, 0.2) is 0 Å². The van der Waals surface area contributed by atoms with E-state index in [-0.39, 0.29) is 11.8 Å². The molecule has 0 spiro atoms. The molecular formula is C12H18O4. The number of carboxylic acid groups (broad SMARTS) is 2. The molecule has 0 aromatic rings. The zero-order valence-electron chi connectivity index (χ0n) is 9.26. The lowest BCUT2D eigenvalue weighted by Gasteiger charge is -2.40. The van der Waals surface area contributed by atoms with Gasteiger partial charge in [0.05, 0.1) is 11.8 Å². The van der Waals surface area contributed by atoms with E-state index < -0.39 is 11.9 Å². The van der Waals surface area contributed by atoms with Crippen molar-refractivity contribution >= 4 is 11.9 Å². The summed E-state index contributed by atoms with van der Waals surface area (Å²) in [6.45, 7) is 0. The molecule has 4 heteroatoms. The average molecular weight is 226 g/mol. The Balaban J connectivity index is 1.95. The molecule has 0 heterocycles. The van der Waals surface area contributed by atoms with Crippen LogP contribution in [0.5, 0.6) is 0 Å². The minimum absolute atomic E-state index is 0.192. The lowest BCUT2D eigenvalue weighted by molar-refractivity contribution is -0.148. The van der Waals surface area contributed by atoms with Crippen molar-refractivity contribution in [2.45, 2.75) is 38.5 Å². The second-order valence-electron chi connectivity index (χ2n) is 5.22. The minimum Gasteiger partial charge on any atom is -0.481 e. The molecule has 2 saturated carbocycles. The van der Waals surface area contributed by atoms with Crippen LogP contribution >= 0.6 is 0 Å². The zero-order valence-corrected chi connectivity index (χ0v) is 9.26. The molecule has 2 aliphatic rings. The van der Waals surface area contributed by atoms with Gasteiger partial charge in [-0.3, -0.25) is 9.59 Å². The average Bonchev–Trinajstić information content (AvgIpc) is 2.27. The van der Waals surface area contributed by atoms with Crippen LogP contribution in [0.3, 0.4) is 0 Å². The maximum atomic E-state index is 10.9. The quantitative estimate of drug-likeness (QED) is 0.755. The van der Waals surface area contributed by atoms with Crippen LogP contribution in [-0.4, -0.2) is 22.2 Å². The second-order valence-corrected chi connectivity index (χ2v) is 5.22. The molecule has 2 aliphatic carbocycles. The number of aliphatic carboxylic acids is 2. The van der Waals surface area contributed by atoms with Crippen LogP contribution in [0.1, 0.15) is 38.5 Å². The van der Waals surface area contributed by atoms with Gasteiger partial charge in [0.2, 0.25) is 0 Å². The molecule has 0 aromatic carbocycles. The largest absolute Gasteiger partial charge is 0.481 e. The van der Waals surface area contributed by atoms with Crippen molar-refractivity contribution in [2.24, 2.45) is 23.7 Å². The van der Waals surface area contributed by atoms with E-state index in [4.69, 9.17) is 10.2 Å². The SMILES string of the molecule is O=C(O)C1CCC2C[C@H](C(=O)O)CC[C@H]2C1. The number of hydrogen-bond donors (Lipinski definition) is 2. The molecule has 2 fully saturated rings. The monoisotopic (exact) mass is 226 g/mol. The summed E-state index contributed by atoms with van der Waals surface area (Å²) < 4.78 is 0. The Morgan fingerprint density at radius 1 is 0.750 bits per heavy atom. The molecule has 2 rings (SSSR count). The lowest BCUT2D eigenvalue weighted by atomic mass is 9.65. The van der Waals surface area contributed by atoms with E-state index in [1.54, 1.807) is 0 Å². The normalized spacial score (nSPS) is 38.8. The molecule has 16 heavy (non-hydrogen) atoms. The number of rotatable bonds is 2. The second kappa shape index (κ2) is 4.44. The van der Waals surface area contributed by atoms with Crippen molar-refractivity contribution in [1.29, 1.82) is 0 Å². The summed E-state index contributed by atoms with van der Waals surface area (Å²) in [5.74, 6) is -0.848. The van der Waals surface area contributed by atoms with Gasteiger partial charge in [-0.15, -0.1) is 0 Å². The summed E-state index contributed by atoms with van der Waals surface area (Å²) in [5.41, 5.74) is 0. The number of fused-ring (bicyclic) bond motifs is 1. The summed E-state index contributed by atoms with van der Waals surface area (Å²) in [6.07, 6.45) is 4.75. The summed E-state index contributed by atoms with van der Waals surface area (Å²) in [4.78, 5) is 21.8. The molecule has 2 N–H and O–H groups in total. The van der Waals surface area contributed by atoms with Crippen molar-refractivity contribution < 1.29 is 19.8 Å². The third-order valence-electron chi connectivity index (χ3n) is 4.31. The highest BCUT2D eigenvalue weighted by molar-refractivity contribution is 5.71. The summed E-state index contributed by atoms with van der Waals surface area (Å²) in [5, 5.41) is 17.9. The molecule has 4 nitrogen and oxygen atoms in total. The Labute approximate surface area is 94.7 Å². The van der Waals surface area contributed by atoms with E-state index in [1.807, 2.05) is 0 Å². The first kappa shape index (κ1) is 11.4. The molecule has 0 radical (unpaired) electrons. The molecule has 2 unspecified atom stereocenters. The van der Waals surface area contributed by atoms with Crippen LogP contribution in [0.2, 0.25) is 0 Å². The van der Waals surface area contributed by atoms with Gasteiger partial charge in [0.1, 0.15) is 0 Å². The van der Waals surface area contributed by atoms with Crippen molar-refractivity contribution in [3.63, 3.8) is 0 Å². The number of carbonyl (C=O) groups is 2. The van der Waals surface area contributed by atoms with E-state index in [9.17, 15) is 9.59 Å². The highest BCUT2D eigenvalue weighted by Gasteiger charge is 2.39. The number of hydrogen-bond acceptors (Lipinski definition) is 2. The van der Waals surface area contributed by atoms with Crippen LogP contribution in [-0.2, 0) is 9.59 Å². The van der Waals surface area contributed by atoms with Gasteiger partial charge in [-0.05, 0) is 50.4 Å². The Morgan fingerprint density at radius 2 is 1.12 bits per heavy atom. The van der Waals surface area contributed by atoms with Gasteiger partial charge in [0, 0.05) is 0 Å². The van der Waals surface area contributed by atoms with Crippen molar-refractivity contribution in [2.75, 3.05) is 0 Å². The third-order valence-corrected chi connectivity index (χ3v) is 4.31. The fraction of sp³-hybridized carbons (Fsp3) is 0.833. The van der Waals surface area contributed by atoms with Gasteiger partial charge in [0.15, 0.2) is 0 Å². The summed E-state index contributed by atoms with van der Waals surface area (Å²) in [6, 6.07) is 0. The first-order valence-corrected chi connectivity index (χ1v) is 6.03. The maximum absolute atomic E-state index is 10.9. The van der Waals surface area contributed by atoms with Crippen LogP contribution in [0, 0.1) is 23.7 Å². The van der Waals surface area contributed by atoms with E-state index >= 15 is 0 Å². The van der Waals surface area contributed by atoms with Crippen LogP contribution in [0.4, 0.5) is 0 Å². The van der Waals surface area contributed by atoms with E-state index in [2.05, 4.69) is 0 Å². The molecule has 0 bridgehead atoms. The first-order valence-electron chi connectivity index (χ1n) is 6.03. The van der Waals surface area contributed by atoms with Gasteiger partial charge in [-0.1, -0.05) is 0 Å². The molecule has 0 aliphatic heterocycles. The highest BCUT2D eigenvalue weighted by Crippen LogP contribution is 2.44. The molecular weight excluding hydrogens is 208 g/mol. The third kappa shape index (κ3) is 2.20. The van der Waals surface area contributed by atoms with Gasteiger partial charge >= 0.3 is 11.9 Å². The maximum Gasteiger partial charge on any atom is 0.306 e. The zero-order chi connectivity index (χ0) is 11.7. The smallest absolute Gasteiger partial charge is 0.306 e. The summed E-state index contributed by atoms with van der Waals surface area (Å²) in [7, 11) is 0. The molecule has 90 valence electrons. The standard InChI is InChI=1S/C12H18O4/c13-11(14)9-3-1-7-5-10(12(15)16)4-2-8(7)6-9/h7-10H,1-6H2,(H,13,14)(H,15,16)/t7-,8?,9+,10?/m0/s1. The van der Waals surface area contributed by atoms with E-state index in [1.165, 1.54) is 0 Å². The Kier molecular flexibility index (Phi) is 3.17. The van der Waals surface area contributed by atoms with Gasteiger partial charge in [-0.25, -0.2) is 0 Å². The minimum atomic E-state index is -0.682. The van der Waals surface area contributed by atoms with Gasteiger partial charge < -0.3 is 10.2 Å². The molecule has 0 aromatic heterocycles. The Hall–Kier alpha value is -1.06. The molecule has 4 atom stereocenters. The highest BCUT2D eigenvalue weighted by atomic mass is 16.4. The first-order chi connectivity index (χ1) is 7.58. The fourth-order valence-corrected chi connectivity index (χ4v) is 3.34. The molecule has 0 saturated heterocycles. The Morgan fingerprint density at radius 3 is 1.44 bits per heavy atom.